The molecule has 0 radical (unpaired) electrons. The number of nitrogens with zero attached hydrogens (tertiary/aromatic N) is 1. The van der Waals surface area contributed by atoms with Crippen LogP contribution in [0.1, 0.15) is 18.1 Å². The molecule has 0 N–H and O–H groups in total. The predicted molar refractivity (Wildman–Crippen MR) is 97.7 cm³/mol. The number of hydrogen-bond acceptors (Lipinski definition) is 5. The van der Waals surface area contributed by atoms with E-state index in [2.05, 4.69) is 5.16 Å². The van der Waals surface area contributed by atoms with Crippen LogP contribution in [0.5, 0.6) is 5.75 Å². The van der Waals surface area contributed by atoms with Crippen molar-refractivity contribution < 1.29 is 19.1 Å². The maximum absolute atomic E-state index is 12.0. The zero-order chi connectivity index (χ0) is 18.2. The number of carbonyl (C=O) groups is 1. The highest BCUT2D eigenvalue weighted by Gasteiger charge is 2.18. The van der Waals surface area contributed by atoms with E-state index in [0.29, 0.717) is 27.6 Å². The normalized spacial score (nSPS) is 11.8. The van der Waals surface area contributed by atoms with Crippen molar-refractivity contribution in [3.05, 3.63) is 70.9 Å². The summed E-state index contributed by atoms with van der Waals surface area (Å²) in [4.78, 5) is 17.5. The van der Waals surface area contributed by atoms with Crippen molar-refractivity contribution in [1.29, 1.82) is 0 Å². The van der Waals surface area contributed by atoms with Crippen LogP contribution in [0.25, 0.3) is 5.57 Å². The molecule has 2 rings (SSSR count). The van der Waals surface area contributed by atoms with Crippen LogP contribution in [0.2, 0.25) is 5.02 Å². The van der Waals surface area contributed by atoms with E-state index in [-0.39, 0.29) is 0 Å². The molecule has 0 heterocycles. The summed E-state index contributed by atoms with van der Waals surface area (Å²) < 4.78 is 9.83. The zero-order valence-electron chi connectivity index (χ0n) is 14.2. The highest BCUT2D eigenvalue weighted by atomic mass is 35.5. The summed E-state index contributed by atoms with van der Waals surface area (Å²) in [6.45, 7) is 1.79. The van der Waals surface area contributed by atoms with Gasteiger partial charge in [0.1, 0.15) is 5.57 Å². The molecule has 25 heavy (non-hydrogen) atoms. The zero-order valence-corrected chi connectivity index (χ0v) is 14.9. The Balaban J connectivity index is 2.35. The minimum Gasteiger partial charge on any atom is -0.503 e. The molecule has 0 aromatic heterocycles. The first-order valence-corrected chi connectivity index (χ1v) is 7.83. The van der Waals surface area contributed by atoms with Crippen LogP contribution < -0.4 is 4.84 Å². The summed E-state index contributed by atoms with van der Waals surface area (Å²) in [5, 5.41) is 4.75. The van der Waals surface area contributed by atoms with Gasteiger partial charge >= 0.3 is 5.97 Å². The first kappa shape index (κ1) is 18.5. The summed E-state index contributed by atoms with van der Waals surface area (Å²) in [7, 11) is 2.79. The number of carbonyl (C=O) groups excluding carboxylic acids is 1. The molecular weight excluding hydrogens is 342 g/mol. The van der Waals surface area contributed by atoms with Gasteiger partial charge < -0.3 is 14.3 Å². The van der Waals surface area contributed by atoms with Crippen molar-refractivity contribution in [1.82, 2.24) is 0 Å². The molecule has 2 aromatic carbocycles. The number of esters is 1. The van der Waals surface area contributed by atoms with Crippen molar-refractivity contribution in [3.63, 3.8) is 0 Å². The van der Waals surface area contributed by atoms with E-state index in [9.17, 15) is 4.79 Å². The molecule has 0 aliphatic heterocycles. The Hall–Kier alpha value is -2.79. The Morgan fingerprint density at radius 3 is 2.28 bits per heavy atom. The second-order valence-corrected chi connectivity index (χ2v) is 5.46. The van der Waals surface area contributed by atoms with Crippen molar-refractivity contribution >= 4 is 28.9 Å². The number of hydrogen-bond donors (Lipinski definition) is 0. The second-order valence-electron chi connectivity index (χ2n) is 5.03. The molecule has 0 atom stereocenters. The maximum atomic E-state index is 12.0. The summed E-state index contributed by atoms with van der Waals surface area (Å²) >= 11 is 5.85. The van der Waals surface area contributed by atoms with Gasteiger partial charge in [-0.25, -0.2) is 4.79 Å². The molecule has 0 amide bonds. The highest BCUT2D eigenvalue weighted by Crippen LogP contribution is 2.22. The van der Waals surface area contributed by atoms with Crippen molar-refractivity contribution in [3.8, 4) is 5.75 Å². The van der Waals surface area contributed by atoms with Crippen LogP contribution in [0.3, 0.4) is 0 Å². The summed E-state index contributed by atoms with van der Waals surface area (Å²) in [5.74, 6) is 0.0579. The maximum Gasteiger partial charge on any atom is 0.341 e. The SMILES string of the molecule is CO/C=C(/C(=O)OC)c1ccccc1/C(C)=N/Oc1ccc(Cl)cc1. The average molecular weight is 360 g/mol. The largest absolute Gasteiger partial charge is 0.503 e. The minimum atomic E-state index is -0.499. The van der Waals surface area contributed by atoms with Gasteiger partial charge in [0.15, 0.2) is 5.75 Å². The summed E-state index contributed by atoms with van der Waals surface area (Å²) in [6.07, 6.45) is 1.35. The van der Waals surface area contributed by atoms with Crippen LogP contribution in [0.4, 0.5) is 0 Å². The fraction of sp³-hybridized carbons (Fsp3) is 0.158. The lowest BCUT2D eigenvalue weighted by atomic mass is 9.98. The van der Waals surface area contributed by atoms with Gasteiger partial charge in [-0.3, -0.25) is 0 Å². The van der Waals surface area contributed by atoms with E-state index in [4.69, 9.17) is 25.9 Å². The third-order valence-corrected chi connectivity index (χ3v) is 3.60. The van der Waals surface area contributed by atoms with Crippen LogP contribution >= 0.6 is 11.6 Å². The molecule has 5 nitrogen and oxygen atoms in total. The Labute approximate surface area is 151 Å². The molecule has 0 aliphatic carbocycles. The quantitative estimate of drug-likeness (QED) is 0.253. The molecule has 0 spiro atoms. The number of oxime groups is 1. The van der Waals surface area contributed by atoms with E-state index in [1.54, 1.807) is 37.3 Å². The molecule has 130 valence electrons. The standard InChI is InChI=1S/C19H18ClNO4/c1-13(21-25-15-10-8-14(20)9-11-15)16-6-4-5-7-17(16)18(12-23-2)19(22)24-3/h4-12H,1-3H3/b18-12+,21-13+. The third kappa shape index (κ3) is 4.84. The van der Waals surface area contributed by atoms with Gasteiger partial charge in [-0.2, -0.15) is 0 Å². The lowest BCUT2D eigenvalue weighted by Crippen LogP contribution is -2.09. The lowest BCUT2D eigenvalue weighted by Gasteiger charge is -2.11. The topological polar surface area (TPSA) is 57.1 Å². The van der Waals surface area contributed by atoms with E-state index in [1.807, 2.05) is 18.2 Å². The van der Waals surface area contributed by atoms with Gasteiger partial charge in [0.05, 0.1) is 26.2 Å². The molecule has 6 heteroatoms. The van der Waals surface area contributed by atoms with Gasteiger partial charge in [-0.05, 0) is 31.2 Å². The molecule has 0 unspecified atom stereocenters. The van der Waals surface area contributed by atoms with Crippen LogP contribution in [-0.4, -0.2) is 25.9 Å². The minimum absolute atomic E-state index is 0.293. The van der Waals surface area contributed by atoms with Gasteiger partial charge in [-0.1, -0.05) is 41.0 Å². The van der Waals surface area contributed by atoms with E-state index in [0.717, 1.165) is 5.56 Å². The Kier molecular flexibility index (Phi) is 6.60. The van der Waals surface area contributed by atoms with Crippen molar-refractivity contribution in [2.75, 3.05) is 14.2 Å². The Bertz CT molecular complexity index is 797. The number of methoxy groups -OCH3 is 2. The van der Waals surface area contributed by atoms with E-state index in [1.165, 1.54) is 20.5 Å². The van der Waals surface area contributed by atoms with E-state index < -0.39 is 5.97 Å². The monoisotopic (exact) mass is 359 g/mol. The second kappa shape index (κ2) is 8.89. The molecular formula is C19H18ClNO4. The van der Waals surface area contributed by atoms with Gasteiger partial charge in [0, 0.05) is 16.1 Å². The van der Waals surface area contributed by atoms with Gasteiger partial charge in [0.2, 0.25) is 0 Å². The van der Waals surface area contributed by atoms with Crippen molar-refractivity contribution in [2.24, 2.45) is 5.16 Å². The van der Waals surface area contributed by atoms with E-state index >= 15 is 0 Å². The number of benzene rings is 2. The smallest absolute Gasteiger partial charge is 0.341 e. The molecule has 0 saturated carbocycles. The van der Waals surface area contributed by atoms with Crippen molar-refractivity contribution in [2.45, 2.75) is 6.92 Å². The van der Waals surface area contributed by atoms with Crippen LogP contribution in [-0.2, 0) is 14.3 Å². The molecule has 2 aromatic rings. The molecule has 0 saturated heterocycles. The van der Waals surface area contributed by atoms with Gasteiger partial charge in [0.25, 0.3) is 0 Å². The molecule has 0 bridgehead atoms. The highest BCUT2D eigenvalue weighted by molar-refractivity contribution is 6.30. The first-order chi connectivity index (χ1) is 12.1. The first-order valence-electron chi connectivity index (χ1n) is 7.45. The third-order valence-electron chi connectivity index (χ3n) is 3.35. The fourth-order valence-corrected chi connectivity index (χ4v) is 2.27. The Morgan fingerprint density at radius 2 is 1.68 bits per heavy atom. The molecule has 0 fully saturated rings. The summed E-state index contributed by atoms with van der Waals surface area (Å²) in [6, 6.07) is 14.2. The number of rotatable bonds is 6. The van der Waals surface area contributed by atoms with Crippen LogP contribution in [0.15, 0.2) is 59.9 Å². The average Bonchev–Trinajstić information content (AvgIpc) is 2.65. The van der Waals surface area contributed by atoms with Gasteiger partial charge in [-0.15, -0.1) is 0 Å². The fourth-order valence-electron chi connectivity index (χ4n) is 2.15. The number of ether oxygens (including phenoxy) is 2. The van der Waals surface area contributed by atoms with Crippen LogP contribution in [0, 0.1) is 0 Å². The Morgan fingerprint density at radius 1 is 1.04 bits per heavy atom. The molecule has 0 aliphatic rings. The lowest BCUT2D eigenvalue weighted by molar-refractivity contribution is -0.133. The number of halogens is 1. The predicted octanol–water partition coefficient (Wildman–Crippen LogP) is 4.30. The summed E-state index contributed by atoms with van der Waals surface area (Å²) in [5.41, 5.74) is 2.25.